The second-order valence-corrected chi connectivity index (χ2v) is 6.83. The molecule has 0 bridgehead atoms. The topological polar surface area (TPSA) is 60.3 Å². The summed E-state index contributed by atoms with van der Waals surface area (Å²) in [4.78, 5) is 9.34. The van der Waals surface area contributed by atoms with Crippen molar-refractivity contribution in [3.63, 3.8) is 0 Å². The highest BCUT2D eigenvalue weighted by Gasteiger charge is 2.16. The van der Waals surface area contributed by atoms with Crippen LogP contribution in [0.1, 0.15) is 31.7 Å². The molecule has 1 aromatic rings. The van der Waals surface area contributed by atoms with Crippen LogP contribution >= 0.6 is 0 Å². The largest absolute Gasteiger partial charge is 0.496 e. The smallest absolute Gasteiger partial charge is 0.193 e. The third-order valence-electron chi connectivity index (χ3n) is 4.75. The molecular formula is C20H34N4O2. The lowest BCUT2D eigenvalue weighted by Crippen LogP contribution is -2.39. The molecule has 0 aromatic heterocycles. The summed E-state index contributed by atoms with van der Waals surface area (Å²) in [5.74, 6) is 1.83. The summed E-state index contributed by atoms with van der Waals surface area (Å²) in [6.45, 7) is 7.53. The molecule has 0 amide bonds. The number of rotatable bonds is 8. The number of aliphatic imine (C=N–C) groups is 1. The maximum atomic E-state index is 9.58. The number of hydrogen-bond donors (Lipinski definition) is 2. The maximum Gasteiger partial charge on any atom is 0.193 e. The van der Waals surface area contributed by atoms with Crippen molar-refractivity contribution < 1.29 is 9.84 Å². The van der Waals surface area contributed by atoms with E-state index < -0.39 is 0 Å². The Morgan fingerprint density at radius 2 is 2.08 bits per heavy atom. The number of ether oxygens (including phenoxy) is 1. The minimum absolute atomic E-state index is 0.103. The molecule has 0 spiro atoms. The Labute approximate surface area is 157 Å². The van der Waals surface area contributed by atoms with Gasteiger partial charge in [-0.3, -0.25) is 4.99 Å². The van der Waals surface area contributed by atoms with Crippen molar-refractivity contribution in [2.24, 2.45) is 4.99 Å². The molecule has 0 saturated carbocycles. The summed E-state index contributed by atoms with van der Waals surface area (Å²) in [7, 11) is 3.76. The molecule has 1 aliphatic rings. The van der Waals surface area contributed by atoms with Crippen molar-refractivity contribution >= 4 is 5.96 Å². The van der Waals surface area contributed by atoms with Crippen molar-refractivity contribution in [1.29, 1.82) is 0 Å². The molecule has 2 rings (SSSR count). The summed E-state index contributed by atoms with van der Waals surface area (Å²) < 4.78 is 5.45. The molecule has 1 aromatic carbocycles. The van der Waals surface area contributed by atoms with Gasteiger partial charge >= 0.3 is 0 Å². The molecular weight excluding hydrogens is 328 g/mol. The summed E-state index contributed by atoms with van der Waals surface area (Å²) in [5.41, 5.74) is 1.15. The van der Waals surface area contributed by atoms with Gasteiger partial charge in [-0.25, -0.2) is 0 Å². The molecule has 6 heteroatoms. The quantitative estimate of drug-likeness (QED) is 0.420. The van der Waals surface area contributed by atoms with Gasteiger partial charge in [-0.1, -0.05) is 18.2 Å². The monoisotopic (exact) mass is 362 g/mol. The Morgan fingerprint density at radius 3 is 2.77 bits per heavy atom. The third kappa shape index (κ3) is 6.50. The number of piperidine rings is 1. The van der Waals surface area contributed by atoms with Crippen LogP contribution in [0.15, 0.2) is 29.3 Å². The maximum absolute atomic E-state index is 9.58. The predicted molar refractivity (Wildman–Crippen MR) is 107 cm³/mol. The SMILES string of the molecule is CCNC(=NCCCN1CCC(O)CC1)N(C)Cc1ccccc1OC. The molecule has 0 aliphatic carbocycles. The van der Waals surface area contributed by atoms with E-state index >= 15 is 0 Å². The average molecular weight is 363 g/mol. The Bertz CT molecular complexity index is 556. The van der Waals surface area contributed by atoms with E-state index in [4.69, 9.17) is 9.73 Å². The highest BCUT2D eigenvalue weighted by atomic mass is 16.5. The molecule has 1 fully saturated rings. The van der Waals surface area contributed by atoms with Crippen molar-refractivity contribution in [3.05, 3.63) is 29.8 Å². The Balaban J connectivity index is 1.84. The van der Waals surface area contributed by atoms with Crippen LogP contribution in [-0.4, -0.2) is 73.9 Å². The molecule has 1 saturated heterocycles. The predicted octanol–water partition coefficient (Wildman–Crippen LogP) is 1.94. The van der Waals surface area contributed by atoms with Gasteiger partial charge in [0.15, 0.2) is 5.96 Å². The number of likely N-dealkylation sites (tertiary alicyclic amines) is 1. The van der Waals surface area contributed by atoms with Crippen LogP contribution in [0.5, 0.6) is 5.75 Å². The highest BCUT2D eigenvalue weighted by Crippen LogP contribution is 2.18. The van der Waals surface area contributed by atoms with E-state index in [1.165, 1.54) is 0 Å². The van der Waals surface area contributed by atoms with Gasteiger partial charge in [0.05, 0.1) is 13.2 Å². The number of methoxy groups -OCH3 is 1. The average Bonchev–Trinajstić information content (AvgIpc) is 2.66. The van der Waals surface area contributed by atoms with E-state index in [2.05, 4.69) is 35.2 Å². The normalized spacial score (nSPS) is 16.5. The third-order valence-corrected chi connectivity index (χ3v) is 4.75. The number of hydrogen-bond acceptors (Lipinski definition) is 4. The summed E-state index contributed by atoms with van der Waals surface area (Å²) in [6, 6.07) is 8.10. The second-order valence-electron chi connectivity index (χ2n) is 6.83. The lowest BCUT2D eigenvalue weighted by molar-refractivity contribution is 0.0824. The molecule has 146 valence electrons. The number of aliphatic hydroxyl groups is 1. The zero-order valence-corrected chi connectivity index (χ0v) is 16.4. The van der Waals surface area contributed by atoms with Crippen LogP contribution in [0.2, 0.25) is 0 Å². The first-order valence-corrected chi connectivity index (χ1v) is 9.65. The van der Waals surface area contributed by atoms with Crippen LogP contribution in [0.25, 0.3) is 0 Å². The summed E-state index contributed by atoms with van der Waals surface area (Å²) in [6.07, 6.45) is 2.72. The molecule has 1 heterocycles. The Morgan fingerprint density at radius 1 is 1.35 bits per heavy atom. The van der Waals surface area contributed by atoms with Gasteiger partial charge in [0.2, 0.25) is 0 Å². The highest BCUT2D eigenvalue weighted by molar-refractivity contribution is 5.79. The van der Waals surface area contributed by atoms with E-state index in [9.17, 15) is 5.11 Å². The number of nitrogens with one attached hydrogen (secondary N) is 1. The van der Waals surface area contributed by atoms with Gasteiger partial charge < -0.3 is 25.0 Å². The fourth-order valence-electron chi connectivity index (χ4n) is 3.26. The van der Waals surface area contributed by atoms with E-state index in [1.54, 1.807) is 7.11 Å². The van der Waals surface area contributed by atoms with Crippen molar-refractivity contribution in [1.82, 2.24) is 15.1 Å². The fourth-order valence-corrected chi connectivity index (χ4v) is 3.26. The lowest BCUT2D eigenvalue weighted by atomic mass is 10.1. The molecule has 26 heavy (non-hydrogen) atoms. The molecule has 6 nitrogen and oxygen atoms in total. The van der Waals surface area contributed by atoms with Gasteiger partial charge in [0.1, 0.15) is 5.75 Å². The molecule has 2 N–H and O–H groups in total. The van der Waals surface area contributed by atoms with Crippen molar-refractivity contribution in [2.75, 3.05) is 46.9 Å². The van der Waals surface area contributed by atoms with Crippen LogP contribution in [0, 0.1) is 0 Å². The number of benzene rings is 1. The zero-order valence-electron chi connectivity index (χ0n) is 16.4. The minimum atomic E-state index is -0.103. The molecule has 0 unspecified atom stereocenters. The van der Waals surface area contributed by atoms with Crippen molar-refractivity contribution in [2.45, 2.75) is 38.8 Å². The first kappa shape index (κ1) is 20.5. The first-order valence-electron chi connectivity index (χ1n) is 9.65. The summed E-state index contributed by atoms with van der Waals surface area (Å²) in [5, 5.41) is 13.0. The van der Waals surface area contributed by atoms with Gasteiger partial charge in [0.25, 0.3) is 0 Å². The summed E-state index contributed by atoms with van der Waals surface area (Å²) >= 11 is 0. The van der Waals surface area contributed by atoms with Crippen LogP contribution < -0.4 is 10.1 Å². The van der Waals surface area contributed by atoms with Gasteiger partial charge in [0, 0.05) is 45.3 Å². The zero-order chi connectivity index (χ0) is 18.8. The minimum Gasteiger partial charge on any atom is -0.496 e. The van der Waals surface area contributed by atoms with E-state index in [0.717, 1.165) is 75.8 Å². The van der Waals surface area contributed by atoms with Gasteiger partial charge in [-0.15, -0.1) is 0 Å². The number of nitrogens with zero attached hydrogens (tertiary/aromatic N) is 3. The van der Waals surface area contributed by atoms with Gasteiger partial charge in [-0.2, -0.15) is 0 Å². The van der Waals surface area contributed by atoms with E-state index in [-0.39, 0.29) is 6.10 Å². The second kappa shape index (κ2) is 11.0. The lowest BCUT2D eigenvalue weighted by Gasteiger charge is -2.29. The van der Waals surface area contributed by atoms with Crippen LogP contribution in [-0.2, 0) is 6.54 Å². The molecule has 0 radical (unpaired) electrons. The number of aliphatic hydroxyl groups excluding tert-OH is 1. The van der Waals surface area contributed by atoms with Gasteiger partial charge in [-0.05, 0) is 38.8 Å². The Kier molecular flexibility index (Phi) is 8.71. The fraction of sp³-hybridized carbons (Fsp3) is 0.650. The van der Waals surface area contributed by atoms with Crippen molar-refractivity contribution in [3.8, 4) is 5.75 Å². The Hall–Kier alpha value is -1.79. The standard InChI is InChI=1S/C20H34N4O2/c1-4-21-20(22-12-7-13-24-14-10-18(25)11-15-24)23(2)16-17-8-5-6-9-19(17)26-3/h5-6,8-9,18,25H,4,7,10-16H2,1-3H3,(H,21,22). The van der Waals surface area contributed by atoms with Crippen LogP contribution in [0.3, 0.4) is 0 Å². The first-order chi connectivity index (χ1) is 12.6. The molecule has 0 atom stereocenters. The molecule has 1 aliphatic heterocycles. The van der Waals surface area contributed by atoms with E-state index in [1.807, 2.05) is 18.2 Å². The van der Waals surface area contributed by atoms with Crippen LogP contribution in [0.4, 0.5) is 0 Å². The number of para-hydroxylation sites is 1. The van der Waals surface area contributed by atoms with E-state index in [0.29, 0.717) is 0 Å². The number of guanidine groups is 1.